The molecule has 0 radical (unpaired) electrons. The fraction of sp³-hybridized carbons (Fsp3) is 0.114. The number of aromatic nitrogens is 4. The van der Waals surface area contributed by atoms with Crippen molar-refractivity contribution in [3.8, 4) is 22.5 Å². The van der Waals surface area contributed by atoms with Crippen LogP contribution in [0.15, 0.2) is 91.0 Å². The lowest BCUT2D eigenvalue weighted by Crippen LogP contribution is -2.30. The Balaban J connectivity index is 1.36. The number of rotatable bonds is 4. The van der Waals surface area contributed by atoms with Crippen LogP contribution >= 0.6 is 46.4 Å². The van der Waals surface area contributed by atoms with Crippen LogP contribution in [-0.2, 0) is 13.0 Å². The van der Waals surface area contributed by atoms with Crippen molar-refractivity contribution in [2.75, 3.05) is 11.4 Å². The molecule has 0 amide bonds. The van der Waals surface area contributed by atoms with Gasteiger partial charge in [0, 0.05) is 17.7 Å². The van der Waals surface area contributed by atoms with Gasteiger partial charge in [-0.2, -0.15) is 0 Å². The van der Waals surface area contributed by atoms with E-state index in [4.69, 9.17) is 61.4 Å². The van der Waals surface area contributed by atoms with Gasteiger partial charge in [0.1, 0.15) is 5.82 Å². The molecule has 4 heterocycles. The lowest BCUT2D eigenvalue weighted by atomic mass is 10.1. The molecule has 0 bridgehead atoms. The third-order valence-electron chi connectivity index (χ3n) is 8.17. The number of aryl methyl sites for hydroxylation is 1. The van der Waals surface area contributed by atoms with Crippen LogP contribution in [0.2, 0.25) is 20.1 Å². The van der Waals surface area contributed by atoms with Crippen molar-refractivity contribution in [1.82, 2.24) is 19.4 Å². The van der Waals surface area contributed by atoms with Crippen molar-refractivity contribution in [3.05, 3.63) is 122 Å². The first-order chi connectivity index (χ1) is 21.4. The van der Waals surface area contributed by atoms with Gasteiger partial charge in [-0.15, -0.1) is 0 Å². The minimum absolute atomic E-state index is 0.452. The molecule has 0 fully saturated rings. The minimum atomic E-state index is 0.452. The molecule has 0 saturated carbocycles. The Labute approximate surface area is 273 Å². The standard InChI is InChI=1S/C35H23Cl4N5/c36-23-15-27-28(16-24(23)37)41-33(20-8-3-1-4-9-20)30(40-27)19-43-13-7-12-22-14-32-34(21-10-5-2-6-11-21)42-29-17-25(38)26(39)18-31(29)44(32)35(22)43/h1-6,8-11,14-18H,7,12-13,19H2. The first-order valence-electron chi connectivity index (χ1n) is 14.3. The van der Waals surface area contributed by atoms with Gasteiger partial charge < -0.3 is 4.90 Å². The van der Waals surface area contributed by atoms with Gasteiger partial charge in [-0.1, -0.05) is 107 Å². The fourth-order valence-electron chi connectivity index (χ4n) is 6.21. The van der Waals surface area contributed by atoms with E-state index in [-0.39, 0.29) is 0 Å². The van der Waals surface area contributed by atoms with E-state index in [0.29, 0.717) is 37.7 Å². The highest BCUT2D eigenvalue weighted by Crippen LogP contribution is 2.40. The summed E-state index contributed by atoms with van der Waals surface area (Å²) in [7, 11) is 0. The van der Waals surface area contributed by atoms with Gasteiger partial charge in [-0.05, 0) is 48.7 Å². The highest BCUT2D eigenvalue weighted by atomic mass is 35.5. The number of benzene rings is 4. The molecule has 4 aromatic carbocycles. The van der Waals surface area contributed by atoms with Gasteiger partial charge >= 0.3 is 0 Å². The molecule has 0 spiro atoms. The Morgan fingerprint density at radius 1 is 0.591 bits per heavy atom. The van der Waals surface area contributed by atoms with Gasteiger partial charge in [-0.3, -0.25) is 4.40 Å². The number of hydrogen-bond donors (Lipinski definition) is 0. The van der Waals surface area contributed by atoms with Crippen molar-refractivity contribution >= 4 is 79.8 Å². The first-order valence-corrected chi connectivity index (χ1v) is 15.8. The van der Waals surface area contributed by atoms with Crippen molar-refractivity contribution in [1.29, 1.82) is 0 Å². The van der Waals surface area contributed by atoms with Gasteiger partial charge in [0.25, 0.3) is 0 Å². The molecule has 0 N–H and O–H groups in total. The van der Waals surface area contributed by atoms with E-state index in [1.54, 1.807) is 12.1 Å². The Kier molecular flexibility index (Phi) is 6.87. The van der Waals surface area contributed by atoms with Crippen LogP contribution in [0.3, 0.4) is 0 Å². The summed E-state index contributed by atoms with van der Waals surface area (Å²) in [4.78, 5) is 17.7. The summed E-state index contributed by atoms with van der Waals surface area (Å²) in [5.74, 6) is 1.10. The molecule has 1 aliphatic rings. The molecule has 7 aromatic rings. The van der Waals surface area contributed by atoms with E-state index in [1.165, 1.54) is 5.56 Å². The molecule has 216 valence electrons. The van der Waals surface area contributed by atoms with Crippen LogP contribution in [-0.4, -0.2) is 25.9 Å². The normalized spacial score (nSPS) is 13.2. The summed E-state index contributed by atoms with van der Waals surface area (Å²) in [6.07, 6.45) is 1.96. The van der Waals surface area contributed by atoms with Crippen molar-refractivity contribution in [3.63, 3.8) is 0 Å². The summed E-state index contributed by atoms with van der Waals surface area (Å²) >= 11 is 25.9. The third kappa shape index (κ3) is 4.67. The zero-order valence-electron chi connectivity index (χ0n) is 23.2. The molecule has 8 rings (SSSR count). The van der Waals surface area contributed by atoms with Gasteiger partial charge in [0.05, 0.1) is 71.3 Å². The molecule has 0 saturated heterocycles. The SMILES string of the molecule is Clc1cc2nc(CN3CCCc4cc5c(-c6ccccc6)nc6cc(Cl)c(Cl)cc6n5c43)c(-c3ccccc3)nc2cc1Cl. The number of anilines is 1. The monoisotopic (exact) mass is 653 g/mol. The van der Waals surface area contributed by atoms with Gasteiger partial charge in [-0.25, -0.2) is 15.0 Å². The molecule has 44 heavy (non-hydrogen) atoms. The van der Waals surface area contributed by atoms with Crippen molar-refractivity contribution in [2.24, 2.45) is 0 Å². The van der Waals surface area contributed by atoms with E-state index in [2.05, 4.69) is 39.6 Å². The van der Waals surface area contributed by atoms with E-state index in [1.807, 2.05) is 48.5 Å². The lowest BCUT2D eigenvalue weighted by Gasteiger charge is -2.30. The molecule has 0 unspecified atom stereocenters. The van der Waals surface area contributed by atoms with Crippen LogP contribution in [0.25, 0.3) is 50.1 Å². The molecule has 0 atom stereocenters. The number of fused-ring (bicyclic) bond motifs is 6. The molecule has 3 aromatic heterocycles. The van der Waals surface area contributed by atoms with E-state index in [0.717, 1.165) is 70.0 Å². The molecule has 9 heteroatoms. The van der Waals surface area contributed by atoms with Crippen LogP contribution in [0.5, 0.6) is 0 Å². The third-order valence-corrected chi connectivity index (χ3v) is 9.62. The van der Waals surface area contributed by atoms with Crippen molar-refractivity contribution < 1.29 is 0 Å². The smallest absolute Gasteiger partial charge is 0.117 e. The summed E-state index contributed by atoms with van der Waals surface area (Å²) < 4.78 is 2.29. The average Bonchev–Trinajstić information content (AvgIpc) is 3.44. The van der Waals surface area contributed by atoms with Crippen LogP contribution in [0.4, 0.5) is 5.82 Å². The average molecular weight is 655 g/mol. The molecule has 1 aliphatic heterocycles. The predicted molar refractivity (Wildman–Crippen MR) is 183 cm³/mol. The summed E-state index contributed by atoms with van der Waals surface area (Å²) in [5.41, 5.74) is 9.94. The van der Waals surface area contributed by atoms with Crippen LogP contribution < -0.4 is 4.90 Å². The molecular formula is C35H23Cl4N5. The molecular weight excluding hydrogens is 632 g/mol. The van der Waals surface area contributed by atoms with Gasteiger partial charge in [0.15, 0.2) is 0 Å². The second-order valence-corrected chi connectivity index (χ2v) is 12.6. The quantitative estimate of drug-likeness (QED) is 0.189. The lowest BCUT2D eigenvalue weighted by molar-refractivity contribution is 0.675. The number of nitrogens with zero attached hydrogens (tertiary/aromatic N) is 5. The Morgan fingerprint density at radius 3 is 1.84 bits per heavy atom. The largest absolute Gasteiger partial charge is 0.351 e. The highest BCUT2D eigenvalue weighted by molar-refractivity contribution is 6.43. The Bertz CT molecular complexity index is 2230. The summed E-state index contributed by atoms with van der Waals surface area (Å²) in [6.45, 7) is 1.39. The zero-order valence-corrected chi connectivity index (χ0v) is 26.3. The zero-order chi connectivity index (χ0) is 29.9. The fourth-order valence-corrected chi connectivity index (χ4v) is 6.84. The van der Waals surface area contributed by atoms with Gasteiger partial charge in [0.2, 0.25) is 0 Å². The highest BCUT2D eigenvalue weighted by Gasteiger charge is 2.27. The number of hydrogen-bond acceptors (Lipinski definition) is 4. The maximum Gasteiger partial charge on any atom is 0.117 e. The Morgan fingerprint density at radius 2 is 1.16 bits per heavy atom. The predicted octanol–water partition coefficient (Wildman–Crippen LogP) is 10.3. The topological polar surface area (TPSA) is 46.3 Å². The summed E-state index contributed by atoms with van der Waals surface area (Å²) in [5, 5.41) is 1.86. The van der Waals surface area contributed by atoms with Crippen molar-refractivity contribution in [2.45, 2.75) is 19.4 Å². The van der Waals surface area contributed by atoms with Crippen LogP contribution in [0, 0.1) is 0 Å². The van der Waals surface area contributed by atoms with E-state index < -0.39 is 0 Å². The maximum atomic E-state index is 6.60. The van der Waals surface area contributed by atoms with E-state index in [9.17, 15) is 0 Å². The molecule has 5 nitrogen and oxygen atoms in total. The number of halogens is 4. The first kappa shape index (κ1) is 27.7. The Hall–Kier alpha value is -3.87. The molecule has 0 aliphatic carbocycles. The second-order valence-electron chi connectivity index (χ2n) is 11.0. The van der Waals surface area contributed by atoms with Crippen LogP contribution in [0.1, 0.15) is 17.7 Å². The summed E-state index contributed by atoms with van der Waals surface area (Å²) in [6, 6.07) is 30.0. The maximum absolute atomic E-state index is 6.60. The van der Waals surface area contributed by atoms with E-state index >= 15 is 0 Å². The second kappa shape index (κ2) is 10.9. The minimum Gasteiger partial charge on any atom is -0.351 e.